The Kier molecular flexibility index (Phi) is 3.77. The van der Waals surface area contributed by atoms with E-state index in [1.165, 1.54) is 18.5 Å². The van der Waals surface area contributed by atoms with Crippen molar-refractivity contribution in [3.05, 3.63) is 59.0 Å². The van der Waals surface area contributed by atoms with Crippen molar-refractivity contribution in [3.8, 4) is 22.6 Å². The van der Waals surface area contributed by atoms with E-state index in [9.17, 15) is 4.39 Å². The van der Waals surface area contributed by atoms with Crippen LogP contribution in [-0.4, -0.2) is 19.9 Å². The lowest BCUT2D eigenvalue weighted by Crippen LogP contribution is -1.96. The van der Waals surface area contributed by atoms with Gasteiger partial charge in [0.15, 0.2) is 5.82 Å². The highest BCUT2D eigenvalue weighted by Gasteiger charge is 2.15. The van der Waals surface area contributed by atoms with Gasteiger partial charge in [-0.25, -0.2) is 24.3 Å². The van der Waals surface area contributed by atoms with E-state index in [4.69, 9.17) is 23.2 Å². The lowest BCUT2D eigenvalue weighted by atomic mass is 10.1. The molecule has 3 rings (SSSR count). The normalized spacial score (nSPS) is 10.6. The standard InChI is InChI=1S/C14H7Cl2FN4/c15-12-11(8-1-3-9(17)4-2-8)13(16)21-14(20-12)10-5-6-18-7-19-10/h1-7H. The second-order valence-corrected chi connectivity index (χ2v) is 4.82. The topological polar surface area (TPSA) is 51.6 Å². The summed E-state index contributed by atoms with van der Waals surface area (Å²) in [6, 6.07) is 7.42. The zero-order valence-corrected chi connectivity index (χ0v) is 12.0. The maximum atomic E-state index is 13.0. The molecule has 0 spiro atoms. The molecule has 21 heavy (non-hydrogen) atoms. The van der Waals surface area contributed by atoms with E-state index in [1.54, 1.807) is 24.4 Å². The van der Waals surface area contributed by atoms with E-state index < -0.39 is 0 Å². The first-order chi connectivity index (χ1) is 10.1. The maximum absolute atomic E-state index is 13.0. The number of hydrogen-bond acceptors (Lipinski definition) is 4. The summed E-state index contributed by atoms with van der Waals surface area (Å²) >= 11 is 12.4. The number of hydrogen-bond donors (Lipinski definition) is 0. The molecule has 0 radical (unpaired) electrons. The van der Waals surface area contributed by atoms with Gasteiger partial charge in [0.05, 0.1) is 5.56 Å². The highest BCUT2D eigenvalue weighted by atomic mass is 35.5. The highest BCUT2D eigenvalue weighted by molar-refractivity contribution is 6.37. The van der Waals surface area contributed by atoms with E-state index in [0.717, 1.165) is 0 Å². The van der Waals surface area contributed by atoms with Crippen molar-refractivity contribution in [2.45, 2.75) is 0 Å². The Morgan fingerprint density at radius 3 is 2.14 bits per heavy atom. The van der Waals surface area contributed by atoms with Gasteiger partial charge in [-0.2, -0.15) is 0 Å². The Bertz CT molecular complexity index is 756. The Morgan fingerprint density at radius 2 is 1.57 bits per heavy atom. The van der Waals surface area contributed by atoms with Crippen molar-refractivity contribution >= 4 is 23.2 Å². The van der Waals surface area contributed by atoms with Crippen LogP contribution in [0.4, 0.5) is 4.39 Å². The summed E-state index contributed by atoms with van der Waals surface area (Å²) in [5.41, 5.74) is 1.61. The van der Waals surface area contributed by atoms with Gasteiger partial charge >= 0.3 is 0 Å². The van der Waals surface area contributed by atoms with E-state index in [-0.39, 0.29) is 16.1 Å². The van der Waals surface area contributed by atoms with Crippen LogP contribution in [-0.2, 0) is 0 Å². The quantitative estimate of drug-likeness (QED) is 0.668. The van der Waals surface area contributed by atoms with Gasteiger partial charge in [0.1, 0.15) is 28.1 Å². The number of rotatable bonds is 2. The predicted octanol–water partition coefficient (Wildman–Crippen LogP) is 4.05. The monoisotopic (exact) mass is 320 g/mol. The fourth-order valence-electron chi connectivity index (χ4n) is 1.80. The van der Waals surface area contributed by atoms with Gasteiger partial charge in [0.2, 0.25) is 0 Å². The summed E-state index contributed by atoms with van der Waals surface area (Å²) in [4.78, 5) is 16.2. The first kappa shape index (κ1) is 13.9. The Balaban J connectivity index is 2.11. The molecule has 0 bridgehead atoms. The van der Waals surface area contributed by atoms with Crippen LogP contribution in [0.25, 0.3) is 22.6 Å². The molecular weight excluding hydrogens is 314 g/mol. The molecule has 0 fully saturated rings. The molecule has 0 aliphatic heterocycles. The van der Waals surface area contributed by atoms with Crippen LogP contribution >= 0.6 is 23.2 Å². The molecule has 1 aromatic carbocycles. The molecular formula is C14H7Cl2FN4. The summed E-state index contributed by atoms with van der Waals surface area (Å²) in [6.45, 7) is 0. The molecule has 0 aliphatic rings. The lowest BCUT2D eigenvalue weighted by molar-refractivity contribution is 0.628. The molecule has 0 unspecified atom stereocenters. The Morgan fingerprint density at radius 1 is 0.905 bits per heavy atom. The second kappa shape index (κ2) is 5.71. The zero-order chi connectivity index (χ0) is 14.8. The molecule has 0 N–H and O–H groups in total. The molecule has 2 aromatic heterocycles. The fraction of sp³-hybridized carbons (Fsp3) is 0. The summed E-state index contributed by atoms with van der Waals surface area (Å²) in [7, 11) is 0. The van der Waals surface area contributed by atoms with E-state index in [2.05, 4.69) is 19.9 Å². The average molecular weight is 321 g/mol. The van der Waals surface area contributed by atoms with Gasteiger partial charge in [0, 0.05) is 6.20 Å². The number of aromatic nitrogens is 4. The van der Waals surface area contributed by atoms with Crippen LogP contribution in [0.2, 0.25) is 10.3 Å². The van der Waals surface area contributed by atoms with Gasteiger partial charge < -0.3 is 0 Å². The van der Waals surface area contributed by atoms with Gasteiger partial charge in [-0.3, -0.25) is 0 Å². The van der Waals surface area contributed by atoms with Gasteiger partial charge in [-0.15, -0.1) is 0 Å². The van der Waals surface area contributed by atoms with Gasteiger partial charge in [0.25, 0.3) is 0 Å². The molecule has 4 nitrogen and oxygen atoms in total. The first-order valence-electron chi connectivity index (χ1n) is 5.90. The Hall–Kier alpha value is -2.11. The predicted molar refractivity (Wildman–Crippen MR) is 78.5 cm³/mol. The van der Waals surface area contributed by atoms with Crippen molar-refractivity contribution in [2.75, 3.05) is 0 Å². The zero-order valence-electron chi connectivity index (χ0n) is 10.5. The summed E-state index contributed by atoms with van der Waals surface area (Å²) < 4.78 is 13.0. The van der Waals surface area contributed by atoms with E-state index >= 15 is 0 Å². The third-order valence-corrected chi connectivity index (χ3v) is 3.31. The maximum Gasteiger partial charge on any atom is 0.181 e. The first-order valence-corrected chi connectivity index (χ1v) is 6.66. The van der Waals surface area contributed by atoms with Crippen LogP contribution in [0, 0.1) is 5.82 Å². The third-order valence-electron chi connectivity index (χ3n) is 2.76. The molecule has 0 amide bonds. The smallest absolute Gasteiger partial charge is 0.181 e. The largest absolute Gasteiger partial charge is 0.245 e. The van der Waals surface area contributed by atoms with Crippen LogP contribution in [0.3, 0.4) is 0 Å². The fourth-order valence-corrected chi connectivity index (χ4v) is 2.41. The van der Waals surface area contributed by atoms with E-state index in [1.807, 2.05) is 0 Å². The highest BCUT2D eigenvalue weighted by Crippen LogP contribution is 2.33. The molecule has 2 heterocycles. The van der Waals surface area contributed by atoms with Crippen molar-refractivity contribution in [1.82, 2.24) is 19.9 Å². The number of halogens is 3. The molecule has 0 aliphatic carbocycles. The molecule has 0 saturated heterocycles. The van der Waals surface area contributed by atoms with E-state index in [0.29, 0.717) is 22.6 Å². The van der Waals surface area contributed by atoms with Gasteiger partial charge in [-0.05, 0) is 23.8 Å². The SMILES string of the molecule is Fc1ccc(-c2c(Cl)nc(-c3ccncn3)nc2Cl)cc1. The van der Waals surface area contributed by atoms with Gasteiger partial charge in [-0.1, -0.05) is 35.3 Å². The van der Waals surface area contributed by atoms with Crippen molar-refractivity contribution in [1.29, 1.82) is 0 Å². The minimum atomic E-state index is -0.343. The summed E-state index contributed by atoms with van der Waals surface area (Å²) in [5, 5.41) is 0.352. The minimum Gasteiger partial charge on any atom is -0.245 e. The minimum absolute atomic E-state index is 0.176. The lowest BCUT2D eigenvalue weighted by Gasteiger charge is -2.08. The van der Waals surface area contributed by atoms with Crippen LogP contribution in [0.5, 0.6) is 0 Å². The second-order valence-electron chi connectivity index (χ2n) is 4.11. The van der Waals surface area contributed by atoms with Crippen LogP contribution in [0.1, 0.15) is 0 Å². The Labute approximate surface area is 129 Å². The molecule has 104 valence electrons. The number of benzene rings is 1. The van der Waals surface area contributed by atoms with Crippen molar-refractivity contribution in [2.24, 2.45) is 0 Å². The molecule has 3 aromatic rings. The molecule has 0 saturated carbocycles. The van der Waals surface area contributed by atoms with Crippen LogP contribution < -0.4 is 0 Å². The third kappa shape index (κ3) is 2.84. The summed E-state index contributed by atoms with van der Waals surface area (Å²) in [5.74, 6) is -0.0391. The van der Waals surface area contributed by atoms with Crippen molar-refractivity contribution in [3.63, 3.8) is 0 Å². The summed E-state index contributed by atoms with van der Waals surface area (Å²) in [6.07, 6.45) is 2.95. The average Bonchev–Trinajstić information content (AvgIpc) is 2.49. The molecule has 0 atom stereocenters. The number of nitrogens with zero attached hydrogens (tertiary/aromatic N) is 4. The van der Waals surface area contributed by atoms with Crippen LogP contribution in [0.15, 0.2) is 42.9 Å². The van der Waals surface area contributed by atoms with Crippen molar-refractivity contribution < 1.29 is 4.39 Å². The molecule has 7 heteroatoms.